The molecule has 70 valence electrons. The lowest BCUT2D eigenvalue weighted by Gasteiger charge is -2.01. The van der Waals surface area contributed by atoms with Crippen molar-refractivity contribution in [3.63, 3.8) is 0 Å². The Labute approximate surface area is 84.3 Å². The van der Waals surface area contributed by atoms with Gasteiger partial charge in [-0.05, 0) is 0 Å². The molecular formula is C6H6Cl2N4O. The molecule has 0 saturated carbocycles. The highest BCUT2D eigenvalue weighted by atomic mass is 35.5. The standard InChI is InChI=1S/C6H6Cl2N4O/c7-3-1-4(8)11-6(10-3)12-5(13)2-9/h1H,2,9H2,(H,10,11,12,13). The Morgan fingerprint density at radius 2 is 2.00 bits per heavy atom. The molecule has 0 aliphatic carbocycles. The van der Waals surface area contributed by atoms with E-state index in [1.54, 1.807) is 0 Å². The minimum Gasteiger partial charge on any atom is -0.322 e. The normalized spacial score (nSPS) is 9.77. The van der Waals surface area contributed by atoms with Crippen LogP contribution in [0.5, 0.6) is 0 Å². The molecule has 0 fully saturated rings. The third kappa shape index (κ3) is 3.14. The zero-order valence-electron chi connectivity index (χ0n) is 6.42. The molecule has 1 heterocycles. The lowest BCUT2D eigenvalue weighted by molar-refractivity contribution is -0.114. The fourth-order valence-electron chi connectivity index (χ4n) is 0.622. The van der Waals surface area contributed by atoms with E-state index in [9.17, 15) is 4.79 Å². The Bertz CT molecular complexity index is 310. The van der Waals surface area contributed by atoms with Gasteiger partial charge in [0.05, 0.1) is 6.54 Å². The summed E-state index contributed by atoms with van der Waals surface area (Å²) in [5.74, 6) is -0.355. The second-order valence-corrected chi connectivity index (χ2v) is 2.86. The number of nitrogens with two attached hydrogens (primary N) is 1. The number of hydrogen-bond acceptors (Lipinski definition) is 4. The van der Waals surface area contributed by atoms with Gasteiger partial charge in [-0.2, -0.15) is 0 Å². The van der Waals surface area contributed by atoms with E-state index in [4.69, 9.17) is 28.9 Å². The van der Waals surface area contributed by atoms with E-state index < -0.39 is 5.91 Å². The summed E-state index contributed by atoms with van der Waals surface area (Å²) in [7, 11) is 0. The maximum Gasteiger partial charge on any atom is 0.240 e. The molecule has 13 heavy (non-hydrogen) atoms. The number of halogens is 2. The lowest BCUT2D eigenvalue weighted by Crippen LogP contribution is -2.23. The van der Waals surface area contributed by atoms with Crippen LogP contribution in [0, 0.1) is 0 Å². The first-order chi connectivity index (χ1) is 6.11. The van der Waals surface area contributed by atoms with Gasteiger partial charge in [-0.25, -0.2) is 9.97 Å². The Morgan fingerprint density at radius 3 is 2.46 bits per heavy atom. The molecule has 0 spiro atoms. The topological polar surface area (TPSA) is 80.9 Å². The second kappa shape index (κ2) is 4.36. The molecule has 0 aromatic carbocycles. The van der Waals surface area contributed by atoms with Gasteiger partial charge < -0.3 is 5.73 Å². The molecule has 1 rings (SSSR count). The zero-order valence-corrected chi connectivity index (χ0v) is 7.93. The summed E-state index contributed by atoms with van der Waals surface area (Å²) in [4.78, 5) is 18.2. The van der Waals surface area contributed by atoms with Crippen LogP contribution in [0.1, 0.15) is 0 Å². The number of hydrogen-bond donors (Lipinski definition) is 2. The number of nitrogens with zero attached hydrogens (tertiary/aromatic N) is 2. The molecule has 0 aliphatic heterocycles. The maximum atomic E-state index is 10.8. The number of anilines is 1. The predicted octanol–water partition coefficient (Wildman–Crippen LogP) is 0.681. The van der Waals surface area contributed by atoms with Crippen LogP contribution in [-0.2, 0) is 4.79 Å². The van der Waals surface area contributed by atoms with Crippen molar-refractivity contribution in [3.8, 4) is 0 Å². The number of carbonyl (C=O) groups is 1. The van der Waals surface area contributed by atoms with E-state index >= 15 is 0 Å². The molecule has 0 aliphatic rings. The largest absolute Gasteiger partial charge is 0.322 e. The number of carbonyl (C=O) groups excluding carboxylic acids is 1. The van der Waals surface area contributed by atoms with Crippen LogP contribution in [0.2, 0.25) is 10.3 Å². The summed E-state index contributed by atoms with van der Waals surface area (Å²) in [5.41, 5.74) is 5.06. The summed E-state index contributed by atoms with van der Waals surface area (Å²) in [6.45, 7) is -0.145. The van der Waals surface area contributed by atoms with Crippen molar-refractivity contribution in [1.82, 2.24) is 9.97 Å². The van der Waals surface area contributed by atoms with Crippen LogP contribution in [0.4, 0.5) is 5.95 Å². The first-order valence-electron chi connectivity index (χ1n) is 3.32. The van der Waals surface area contributed by atoms with Gasteiger partial charge in [0.25, 0.3) is 0 Å². The molecule has 0 radical (unpaired) electrons. The average Bonchev–Trinajstić information content (AvgIpc) is 2.02. The molecule has 5 nitrogen and oxygen atoms in total. The first-order valence-corrected chi connectivity index (χ1v) is 4.07. The molecule has 7 heteroatoms. The fraction of sp³-hybridized carbons (Fsp3) is 0.167. The monoisotopic (exact) mass is 220 g/mol. The van der Waals surface area contributed by atoms with Crippen LogP contribution in [0.3, 0.4) is 0 Å². The minimum absolute atomic E-state index is 0.0490. The first kappa shape index (κ1) is 10.2. The van der Waals surface area contributed by atoms with Crippen LogP contribution in [0.15, 0.2) is 6.07 Å². The molecule has 1 amide bonds. The van der Waals surface area contributed by atoms with Crippen molar-refractivity contribution in [1.29, 1.82) is 0 Å². The fourth-order valence-corrected chi connectivity index (χ4v) is 1.04. The summed E-state index contributed by atoms with van der Waals surface area (Å²) >= 11 is 11.1. The van der Waals surface area contributed by atoms with Crippen molar-refractivity contribution in [3.05, 3.63) is 16.4 Å². The highest BCUT2D eigenvalue weighted by Gasteiger charge is 2.04. The SMILES string of the molecule is NCC(=O)Nc1nc(Cl)cc(Cl)n1. The Balaban J connectivity index is 2.83. The van der Waals surface area contributed by atoms with Crippen molar-refractivity contribution < 1.29 is 4.79 Å². The van der Waals surface area contributed by atoms with E-state index in [0.29, 0.717) is 0 Å². The van der Waals surface area contributed by atoms with E-state index in [1.165, 1.54) is 6.07 Å². The molecule has 0 saturated heterocycles. The molecular weight excluding hydrogens is 215 g/mol. The van der Waals surface area contributed by atoms with E-state index in [1.807, 2.05) is 0 Å². The maximum absolute atomic E-state index is 10.8. The molecule has 0 atom stereocenters. The highest BCUT2D eigenvalue weighted by Crippen LogP contribution is 2.13. The van der Waals surface area contributed by atoms with Crippen LogP contribution in [0.25, 0.3) is 0 Å². The molecule has 0 bridgehead atoms. The van der Waals surface area contributed by atoms with Crippen molar-refractivity contribution in [2.75, 3.05) is 11.9 Å². The third-order valence-corrected chi connectivity index (χ3v) is 1.49. The Kier molecular flexibility index (Phi) is 3.41. The van der Waals surface area contributed by atoms with Gasteiger partial charge in [0.15, 0.2) is 0 Å². The highest BCUT2D eigenvalue weighted by molar-refractivity contribution is 6.33. The molecule has 3 N–H and O–H groups in total. The number of aromatic nitrogens is 2. The number of rotatable bonds is 2. The van der Waals surface area contributed by atoms with Gasteiger partial charge in [0.2, 0.25) is 11.9 Å². The van der Waals surface area contributed by atoms with Gasteiger partial charge in [0, 0.05) is 6.07 Å². The summed E-state index contributed by atoms with van der Waals surface area (Å²) in [6.07, 6.45) is 0. The molecule has 0 unspecified atom stereocenters. The van der Waals surface area contributed by atoms with Gasteiger partial charge in [-0.1, -0.05) is 23.2 Å². The zero-order chi connectivity index (χ0) is 9.84. The summed E-state index contributed by atoms with van der Waals surface area (Å²) in [5, 5.41) is 2.64. The van der Waals surface area contributed by atoms with Crippen LogP contribution in [-0.4, -0.2) is 22.4 Å². The van der Waals surface area contributed by atoms with Crippen molar-refractivity contribution in [2.24, 2.45) is 5.73 Å². The third-order valence-electron chi connectivity index (χ3n) is 1.10. The smallest absolute Gasteiger partial charge is 0.240 e. The van der Waals surface area contributed by atoms with Crippen LogP contribution >= 0.6 is 23.2 Å². The van der Waals surface area contributed by atoms with E-state index in [2.05, 4.69) is 15.3 Å². The minimum atomic E-state index is -0.404. The van der Waals surface area contributed by atoms with E-state index in [0.717, 1.165) is 0 Å². The predicted molar refractivity (Wildman–Crippen MR) is 49.7 cm³/mol. The summed E-state index contributed by atoms with van der Waals surface area (Å²) in [6, 6.07) is 1.36. The van der Waals surface area contributed by atoms with Gasteiger partial charge in [-0.15, -0.1) is 0 Å². The van der Waals surface area contributed by atoms with Gasteiger partial charge in [-0.3, -0.25) is 10.1 Å². The van der Waals surface area contributed by atoms with Crippen LogP contribution < -0.4 is 11.1 Å². The average molecular weight is 221 g/mol. The van der Waals surface area contributed by atoms with Crippen molar-refractivity contribution >= 4 is 35.1 Å². The molecule has 1 aromatic heterocycles. The summed E-state index contributed by atoms with van der Waals surface area (Å²) < 4.78 is 0. The second-order valence-electron chi connectivity index (χ2n) is 2.09. The number of amides is 1. The van der Waals surface area contributed by atoms with Gasteiger partial charge >= 0.3 is 0 Å². The van der Waals surface area contributed by atoms with Gasteiger partial charge in [0.1, 0.15) is 10.3 Å². The Hall–Kier alpha value is -0.910. The quantitative estimate of drug-likeness (QED) is 0.719. The Morgan fingerprint density at radius 1 is 1.46 bits per heavy atom. The van der Waals surface area contributed by atoms with E-state index in [-0.39, 0.29) is 22.8 Å². The van der Waals surface area contributed by atoms with Crippen molar-refractivity contribution in [2.45, 2.75) is 0 Å². The molecule has 1 aromatic rings. The number of nitrogens with one attached hydrogen (secondary N) is 1. The lowest BCUT2D eigenvalue weighted by atomic mass is 10.6.